The minimum absolute atomic E-state index is 0.0386. The van der Waals surface area contributed by atoms with Crippen molar-refractivity contribution in [1.29, 1.82) is 0 Å². The molecule has 0 spiro atoms. The van der Waals surface area contributed by atoms with Crippen molar-refractivity contribution in [2.45, 2.75) is 11.7 Å². The van der Waals surface area contributed by atoms with Crippen molar-refractivity contribution in [2.75, 3.05) is 0 Å². The second kappa shape index (κ2) is 5.93. The molecule has 0 heterocycles. The Morgan fingerprint density at radius 2 is 1.65 bits per heavy atom. The van der Waals surface area contributed by atoms with E-state index < -0.39 is 44.9 Å². The first kappa shape index (κ1) is 17.3. The van der Waals surface area contributed by atoms with Crippen LogP contribution in [0.4, 0.5) is 17.6 Å². The van der Waals surface area contributed by atoms with Crippen molar-refractivity contribution in [1.82, 2.24) is 0 Å². The number of aliphatic hydroxyl groups is 1. The van der Waals surface area contributed by atoms with Gasteiger partial charge in [-0.2, -0.15) is 13.2 Å². The summed E-state index contributed by atoms with van der Waals surface area (Å²) in [5.74, 6) is -1.32. The van der Waals surface area contributed by atoms with Crippen molar-refractivity contribution in [3.63, 3.8) is 0 Å². The fourth-order valence-corrected chi connectivity index (χ4v) is 2.81. The Bertz CT molecular complexity index is 562. The monoisotopic (exact) mass is 338 g/mol. The molecule has 0 saturated heterocycles. The van der Waals surface area contributed by atoms with Crippen LogP contribution >= 0.6 is 16.3 Å². The lowest BCUT2D eigenvalue weighted by molar-refractivity contribution is -0.145. The van der Waals surface area contributed by atoms with Crippen LogP contribution in [0.15, 0.2) is 18.2 Å². The molecule has 3 atom stereocenters. The van der Waals surface area contributed by atoms with Crippen molar-refractivity contribution in [3.05, 3.63) is 35.1 Å². The largest absolute Gasteiger partial charge is 0.416 e. The van der Waals surface area contributed by atoms with Gasteiger partial charge < -0.3 is 14.9 Å². The number of halogens is 4. The Hall–Kier alpha value is -0.760. The first-order valence-corrected chi connectivity index (χ1v) is 7.35. The molecule has 1 aromatic carbocycles. The van der Waals surface area contributed by atoms with Crippen LogP contribution in [0.5, 0.6) is 0 Å². The molecule has 114 valence electrons. The maximum atomic E-state index is 12.9. The number of alkyl halides is 3. The highest BCUT2D eigenvalue weighted by molar-refractivity contribution is 7.40. The molecule has 20 heavy (non-hydrogen) atoms. The highest BCUT2D eigenvalue weighted by Gasteiger charge is 2.46. The molecule has 0 radical (unpaired) electrons. The predicted molar refractivity (Wildman–Crippen MR) is 58.8 cm³/mol. The first-order chi connectivity index (χ1) is 8.98. The zero-order chi connectivity index (χ0) is 15.7. The maximum Gasteiger partial charge on any atom is 0.416 e. The summed E-state index contributed by atoms with van der Waals surface area (Å²) in [7, 11) is -8.34. The SMILES string of the molecule is O=[PH](O)OC(O)(c1ccc(F)cc1C(F)(F)F)[PH](=O)O. The highest BCUT2D eigenvalue weighted by Crippen LogP contribution is 2.51. The van der Waals surface area contributed by atoms with E-state index in [0.29, 0.717) is 12.1 Å². The highest BCUT2D eigenvalue weighted by atomic mass is 31.1. The van der Waals surface area contributed by atoms with E-state index in [2.05, 4.69) is 4.52 Å². The molecule has 0 fully saturated rings. The van der Waals surface area contributed by atoms with E-state index in [1.54, 1.807) is 0 Å². The lowest BCUT2D eigenvalue weighted by Gasteiger charge is -2.26. The molecule has 6 nitrogen and oxygen atoms in total. The molecule has 3 N–H and O–H groups in total. The van der Waals surface area contributed by atoms with Crippen LogP contribution in [-0.4, -0.2) is 14.9 Å². The van der Waals surface area contributed by atoms with E-state index in [0.717, 1.165) is 0 Å². The van der Waals surface area contributed by atoms with Gasteiger partial charge in [0.15, 0.2) is 0 Å². The topological polar surface area (TPSA) is 104 Å². The van der Waals surface area contributed by atoms with Crippen molar-refractivity contribution < 1.29 is 46.1 Å². The zero-order valence-electron chi connectivity index (χ0n) is 9.31. The van der Waals surface area contributed by atoms with Gasteiger partial charge in [0.05, 0.1) is 5.56 Å². The van der Waals surface area contributed by atoms with E-state index in [4.69, 9.17) is 9.79 Å². The van der Waals surface area contributed by atoms with Crippen LogP contribution in [0.1, 0.15) is 11.1 Å². The standard InChI is InChI=1S/C8H8F4O6P2/c9-4-1-2-5(6(3-4)7(10,11)12)8(13,19(14)15)18-20(16)17/h1-3,13,19-20H,(H,14,15)(H,16,17). The van der Waals surface area contributed by atoms with Crippen LogP contribution in [-0.2, 0) is 25.4 Å². The minimum atomic E-state index is -5.18. The zero-order valence-corrected chi connectivity index (χ0v) is 11.3. The average molecular weight is 338 g/mol. The Morgan fingerprint density at radius 3 is 2.05 bits per heavy atom. The number of rotatable bonds is 4. The lowest BCUT2D eigenvalue weighted by Crippen LogP contribution is -2.27. The molecule has 0 aliphatic carbocycles. The summed E-state index contributed by atoms with van der Waals surface area (Å²) < 4.78 is 76.5. The molecule has 0 aliphatic rings. The normalized spacial score (nSPS) is 18.4. The molecule has 0 amide bonds. The van der Waals surface area contributed by atoms with E-state index >= 15 is 0 Å². The Kier molecular flexibility index (Phi) is 5.13. The summed E-state index contributed by atoms with van der Waals surface area (Å²) in [6, 6.07) is 0.781. The molecule has 3 unspecified atom stereocenters. The first-order valence-electron chi connectivity index (χ1n) is 4.73. The molecule has 1 aromatic rings. The van der Waals surface area contributed by atoms with Crippen molar-refractivity contribution in [3.8, 4) is 0 Å². The van der Waals surface area contributed by atoms with Crippen LogP contribution in [0, 0.1) is 5.82 Å². The molecular weight excluding hydrogens is 330 g/mol. The smallest absolute Gasteiger partial charge is 0.354 e. The predicted octanol–water partition coefficient (Wildman–Crippen LogP) is 1.81. The maximum absolute atomic E-state index is 12.9. The fraction of sp³-hybridized carbons (Fsp3) is 0.250. The lowest BCUT2D eigenvalue weighted by atomic mass is 10.1. The summed E-state index contributed by atoms with van der Waals surface area (Å²) in [6.45, 7) is 0. The van der Waals surface area contributed by atoms with E-state index in [-0.39, 0.29) is 6.07 Å². The van der Waals surface area contributed by atoms with Crippen LogP contribution in [0.2, 0.25) is 0 Å². The summed E-state index contributed by atoms with van der Waals surface area (Å²) >= 11 is 0. The Balaban J connectivity index is 3.57. The fourth-order valence-electron chi connectivity index (χ4n) is 1.39. The third-order valence-corrected chi connectivity index (χ3v) is 3.80. The summed E-state index contributed by atoms with van der Waals surface area (Å²) in [5, 5.41) is 9.67. The molecule has 0 aromatic heterocycles. The Labute approximate surface area is 110 Å². The van der Waals surface area contributed by atoms with Gasteiger partial charge in [-0.05, 0) is 18.2 Å². The van der Waals surface area contributed by atoms with E-state index in [1.807, 2.05) is 0 Å². The van der Waals surface area contributed by atoms with Gasteiger partial charge in [-0.25, -0.2) is 4.39 Å². The van der Waals surface area contributed by atoms with Gasteiger partial charge in [0.2, 0.25) is 0 Å². The molecule has 0 aliphatic heterocycles. The van der Waals surface area contributed by atoms with Crippen LogP contribution < -0.4 is 0 Å². The minimum Gasteiger partial charge on any atom is -0.354 e. The van der Waals surface area contributed by atoms with Gasteiger partial charge in [0.1, 0.15) is 5.82 Å². The second-order valence-corrected chi connectivity index (χ2v) is 5.53. The average Bonchev–Trinajstić information content (AvgIpc) is 2.26. The van der Waals surface area contributed by atoms with Gasteiger partial charge in [0, 0.05) is 5.56 Å². The molecule has 1 rings (SSSR count). The summed E-state index contributed by atoms with van der Waals surface area (Å²) in [6.07, 6.45) is -5.18. The molecular formula is C8H8F4O6P2. The third-order valence-electron chi connectivity index (χ3n) is 2.18. The van der Waals surface area contributed by atoms with Crippen molar-refractivity contribution >= 4 is 16.3 Å². The quantitative estimate of drug-likeness (QED) is 0.439. The second-order valence-electron chi connectivity index (χ2n) is 3.50. The molecule has 12 heteroatoms. The van der Waals surface area contributed by atoms with Gasteiger partial charge in [-0.3, -0.25) is 13.7 Å². The molecule has 0 bridgehead atoms. The van der Waals surface area contributed by atoms with Gasteiger partial charge >= 0.3 is 14.4 Å². The van der Waals surface area contributed by atoms with Crippen LogP contribution in [0.25, 0.3) is 0 Å². The molecule has 0 saturated carbocycles. The number of hydrogen-bond acceptors (Lipinski definition) is 4. The number of hydrogen-bond donors (Lipinski definition) is 3. The number of benzene rings is 1. The van der Waals surface area contributed by atoms with E-state index in [1.165, 1.54) is 0 Å². The summed E-state index contributed by atoms with van der Waals surface area (Å²) in [4.78, 5) is 17.4. The van der Waals surface area contributed by atoms with Gasteiger partial charge in [-0.15, -0.1) is 0 Å². The van der Waals surface area contributed by atoms with Gasteiger partial charge in [0.25, 0.3) is 13.6 Å². The third kappa shape index (κ3) is 3.66. The Morgan fingerprint density at radius 1 is 1.10 bits per heavy atom. The van der Waals surface area contributed by atoms with Gasteiger partial charge in [-0.1, -0.05) is 0 Å². The van der Waals surface area contributed by atoms with E-state index in [9.17, 15) is 31.8 Å². The van der Waals surface area contributed by atoms with Crippen LogP contribution in [0.3, 0.4) is 0 Å². The van der Waals surface area contributed by atoms with Crippen molar-refractivity contribution in [2.24, 2.45) is 0 Å². The summed E-state index contributed by atoms with van der Waals surface area (Å²) in [5.41, 5.74) is -6.67.